The number of hydrogen-bond donors (Lipinski definition) is 3. The highest BCUT2D eigenvalue weighted by Crippen LogP contribution is 2.33. The molecule has 1 amide bonds. The Morgan fingerprint density at radius 3 is 2.50 bits per heavy atom. The minimum atomic E-state index is -2.97. The highest BCUT2D eigenvalue weighted by atomic mass is 19.3. The zero-order chi connectivity index (χ0) is 19.4. The average molecular weight is 372 g/mol. The van der Waals surface area contributed by atoms with Crippen LogP contribution in [-0.2, 0) is 11.3 Å². The first-order valence-electron chi connectivity index (χ1n) is 8.50. The van der Waals surface area contributed by atoms with Crippen molar-refractivity contribution in [3.05, 3.63) is 23.8 Å². The van der Waals surface area contributed by atoms with Gasteiger partial charge in [-0.2, -0.15) is 8.78 Å². The summed E-state index contributed by atoms with van der Waals surface area (Å²) >= 11 is 0. The number of likely N-dealkylation sites (N-methyl/N-ethyl adjacent to an activating group) is 1. The van der Waals surface area contributed by atoms with Crippen LogP contribution < -0.4 is 25.4 Å². The summed E-state index contributed by atoms with van der Waals surface area (Å²) in [5.41, 5.74) is 0.450. The van der Waals surface area contributed by atoms with Gasteiger partial charge in [-0.05, 0) is 26.8 Å². The molecule has 0 aliphatic carbocycles. The SMILES string of the molecule is CCNC(=O)CNC(=NCc1cccc(OCC)c1OC(F)F)NCC. The second kappa shape index (κ2) is 11.9. The van der Waals surface area contributed by atoms with E-state index in [1.807, 2.05) is 13.8 Å². The lowest BCUT2D eigenvalue weighted by molar-refractivity contribution is -0.119. The van der Waals surface area contributed by atoms with Gasteiger partial charge < -0.3 is 25.4 Å². The first kappa shape index (κ1) is 21.5. The van der Waals surface area contributed by atoms with Crippen LogP contribution in [0.5, 0.6) is 11.5 Å². The Hall–Kier alpha value is -2.58. The molecule has 9 heteroatoms. The summed E-state index contributed by atoms with van der Waals surface area (Å²) in [7, 11) is 0. The largest absolute Gasteiger partial charge is 0.490 e. The zero-order valence-corrected chi connectivity index (χ0v) is 15.3. The van der Waals surface area contributed by atoms with Gasteiger partial charge in [-0.25, -0.2) is 4.99 Å². The van der Waals surface area contributed by atoms with Crippen molar-refractivity contribution >= 4 is 11.9 Å². The number of rotatable bonds is 10. The molecule has 0 radical (unpaired) electrons. The fraction of sp³-hybridized carbons (Fsp3) is 0.529. The Balaban J connectivity index is 2.92. The van der Waals surface area contributed by atoms with E-state index in [1.165, 1.54) is 0 Å². The molecular weight excluding hydrogens is 346 g/mol. The third kappa shape index (κ3) is 7.54. The fourth-order valence-corrected chi connectivity index (χ4v) is 2.11. The smallest absolute Gasteiger partial charge is 0.387 e. The van der Waals surface area contributed by atoms with E-state index in [2.05, 4.69) is 25.7 Å². The molecule has 0 aromatic heterocycles. The van der Waals surface area contributed by atoms with Crippen molar-refractivity contribution in [2.24, 2.45) is 4.99 Å². The molecule has 3 N–H and O–H groups in total. The molecule has 0 atom stereocenters. The molecule has 146 valence electrons. The van der Waals surface area contributed by atoms with Crippen LogP contribution in [0.25, 0.3) is 0 Å². The zero-order valence-electron chi connectivity index (χ0n) is 15.3. The van der Waals surface area contributed by atoms with Crippen molar-refractivity contribution in [2.75, 3.05) is 26.2 Å². The van der Waals surface area contributed by atoms with Gasteiger partial charge in [0.25, 0.3) is 0 Å². The predicted octanol–water partition coefficient (Wildman–Crippen LogP) is 1.88. The van der Waals surface area contributed by atoms with Gasteiger partial charge in [0.2, 0.25) is 5.91 Å². The number of hydrogen-bond acceptors (Lipinski definition) is 4. The highest BCUT2D eigenvalue weighted by Gasteiger charge is 2.15. The maximum atomic E-state index is 12.7. The second-order valence-corrected chi connectivity index (χ2v) is 5.06. The number of amides is 1. The summed E-state index contributed by atoms with van der Waals surface area (Å²) in [6.07, 6.45) is 0. The van der Waals surface area contributed by atoms with Crippen LogP contribution in [0.15, 0.2) is 23.2 Å². The lowest BCUT2D eigenvalue weighted by Crippen LogP contribution is -2.43. The number of carbonyl (C=O) groups is 1. The molecule has 0 heterocycles. The monoisotopic (exact) mass is 372 g/mol. The Morgan fingerprint density at radius 2 is 1.88 bits per heavy atom. The summed E-state index contributed by atoms with van der Waals surface area (Å²) in [6, 6.07) is 4.88. The lowest BCUT2D eigenvalue weighted by atomic mass is 10.2. The summed E-state index contributed by atoms with van der Waals surface area (Å²) in [4.78, 5) is 15.9. The molecule has 1 rings (SSSR count). The van der Waals surface area contributed by atoms with Crippen molar-refractivity contribution in [3.8, 4) is 11.5 Å². The Bertz CT molecular complexity index is 597. The van der Waals surface area contributed by atoms with Crippen LogP contribution in [-0.4, -0.2) is 44.7 Å². The van der Waals surface area contributed by atoms with Crippen LogP contribution in [0, 0.1) is 0 Å². The van der Waals surface area contributed by atoms with Gasteiger partial charge in [0, 0.05) is 18.7 Å². The molecule has 0 saturated carbocycles. The van der Waals surface area contributed by atoms with Crippen molar-refractivity contribution < 1.29 is 23.0 Å². The number of nitrogens with zero attached hydrogens (tertiary/aromatic N) is 1. The minimum Gasteiger partial charge on any atom is -0.490 e. The molecule has 0 unspecified atom stereocenters. The number of alkyl halides is 2. The highest BCUT2D eigenvalue weighted by molar-refractivity contribution is 5.86. The Kier molecular flexibility index (Phi) is 9.81. The van der Waals surface area contributed by atoms with Crippen molar-refractivity contribution in [1.29, 1.82) is 0 Å². The summed E-state index contributed by atoms with van der Waals surface area (Å²) < 4.78 is 35.4. The number of para-hydroxylation sites is 1. The number of guanidine groups is 1. The number of halogens is 2. The molecule has 0 aliphatic heterocycles. The number of benzene rings is 1. The average Bonchev–Trinajstić information content (AvgIpc) is 2.59. The van der Waals surface area contributed by atoms with Gasteiger partial charge in [0.1, 0.15) is 0 Å². The van der Waals surface area contributed by atoms with Gasteiger partial charge in [-0.1, -0.05) is 12.1 Å². The number of nitrogens with one attached hydrogen (secondary N) is 3. The molecule has 0 fully saturated rings. The number of ether oxygens (including phenoxy) is 2. The van der Waals surface area contributed by atoms with Gasteiger partial charge in [-0.15, -0.1) is 0 Å². The van der Waals surface area contributed by atoms with E-state index in [-0.39, 0.29) is 30.5 Å². The van der Waals surface area contributed by atoms with Crippen LogP contribution in [0.4, 0.5) is 8.78 Å². The van der Waals surface area contributed by atoms with Crippen LogP contribution >= 0.6 is 0 Å². The van der Waals surface area contributed by atoms with E-state index in [1.54, 1.807) is 25.1 Å². The first-order valence-corrected chi connectivity index (χ1v) is 8.50. The maximum absolute atomic E-state index is 12.7. The summed E-state index contributed by atoms with van der Waals surface area (Å²) in [5.74, 6) is 0.426. The molecule has 26 heavy (non-hydrogen) atoms. The standard InChI is InChI=1S/C17H26F2N4O3/c1-4-20-14(24)11-23-17(21-5-2)22-10-12-8-7-9-13(25-6-3)15(12)26-16(18)19/h7-9,16H,4-6,10-11H2,1-3H3,(H,20,24)(H2,21,22,23). The molecule has 0 saturated heterocycles. The van der Waals surface area contributed by atoms with E-state index in [4.69, 9.17) is 4.74 Å². The second-order valence-electron chi connectivity index (χ2n) is 5.06. The molecule has 0 aliphatic rings. The van der Waals surface area contributed by atoms with Gasteiger partial charge >= 0.3 is 6.61 Å². The van der Waals surface area contributed by atoms with E-state index in [9.17, 15) is 13.6 Å². The Labute approximate surface area is 152 Å². The van der Waals surface area contributed by atoms with Crippen molar-refractivity contribution in [3.63, 3.8) is 0 Å². The Morgan fingerprint density at radius 1 is 1.15 bits per heavy atom. The minimum absolute atomic E-state index is 0.0346. The normalized spacial score (nSPS) is 11.2. The van der Waals surface area contributed by atoms with E-state index < -0.39 is 6.61 Å². The first-order chi connectivity index (χ1) is 12.5. The molecule has 1 aromatic carbocycles. The molecule has 0 bridgehead atoms. The molecular formula is C17H26F2N4O3. The molecule has 0 spiro atoms. The van der Waals surface area contributed by atoms with Gasteiger partial charge in [0.05, 0.1) is 19.7 Å². The number of carbonyl (C=O) groups excluding carboxylic acids is 1. The van der Waals surface area contributed by atoms with E-state index >= 15 is 0 Å². The maximum Gasteiger partial charge on any atom is 0.387 e. The van der Waals surface area contributed by atoms with Crippen molar-refractivity contribution in [2.45, 2.75) is 33.9 Å². The van der Waals surface area contributed by atoms with Crippen LogP contribution in [0.1, 0.15) is 26.3 Å². The van der Waals surface area contributed by atoms with Crippen LogP contribution in [0.2, 0.25) is 0 Å². The van der Waals surface area contributed by atoms with Gasteiger partial charge in [0.15, 0.2) is 17.5 Å². The summed E-state index contributed by atoms with van der Waals surface area (Å²) in [5, 5.41) is 8.54. The molecule has 7 nitrogen and oxygen atoms in total. The van der Waals surface area contributed by atoms with E-state index in [0.29, 0.717) is 31.2 Å². The topological polar surface area (TPSA) is 84.0 Å². The van der Waals surface area contributed by atoms with E-state index in [0.717, 1.165) is 0 Å². The molecule has 1 aromatic rings. The lowest BCUT2D eigenvalue weighted by Gasteiger charge is -2.15. The third-order valence-electron chi connectivity index (χ3n) is 3.11. The third-order valence-corrected chi connectivity index (χ3v) is 3.11. The van der Waals surface area contributed by atoms with Crippen molar-refractivity contribution in [1.82, 2.24) is 16.0 Å². The predicted molar refractivity (Wildman–Crippen MR) is 95.7 cm³/mol. The quantitative estimate of drug-likeness (QED) is 0.431. The van der Waals surface area contributed by atoms with Gasteiger partial charge in [-0.3, -0.25) is 4.79 Å². The number of aliphatic imine (C=N–C) groups is 1. The van der Waals surface area contributed by atoms with Crippen LogP contribution in [0.3, 0.4) is 0 Å². The fourth-order valence-electron chi connectivity index (χ4n) is 2.11. The summed E-state index contributed by atoms with van der Waals surface area (Å²) in [6.45, 7) is 4.06.